The summed E-state index contributed by atoms with van der Waals surface area (Å²) in [6.07, 6.45) is 0. The Bertz CT molecular complexity index is 1100. The van der Waals surface area contributed by atoms with Gasteiger partial charge in [0, 0.05) is 28.8 Å². The number of urea groups is 1. The fraction of sp³-hybridized carbons (Fsp3) is 0.250. The number of benzene rings is 2. The lowest BCUT2D eigenvalue weighted by Crippen LogP contribution is -2.37. The van der Waals surface area contributed by atoms with Crippen LogP contribution >= 0.6 is 27.5 Å². The fourth-order valence-corrected chi connectivity index (χ4v) is 3.53. The van der Waals surface area contributed by atoms with Crippen molar-refractivity contribution in [1.29, 1.82) is 0 Å². The van der Waals surface area contributed by atoms with Gasteiger partial charge >= 0.3 is 6.03 Å². The molecule has 1 atom stereocenters. The number of rotatable bonds is 4. The fourth-order valence-electron chi connectivity index (χ4n) is 2.96. The first-order valence-electron chi connectivity index (χ1n) is 8.81. The van der Waals surface area contributed by atoms with Crippen LogP contribution < -0.4 is 10.9 Å². The van der Waals surface area contributed by atoms with E-state index < -0.39 is 6.04 Å². The van der Waals surface area contributed by atoms with E-state index in [2.05, 4.69) is 26.2 Å². The van der Waals surface area contributed by atoms with E-state index in [9.17, 15) is 9.59 Å². The van der Waals surface area contributed by atoms with Gasteiger partial charge in [0.25, 0.3) is 5.56 Å². The molecule has 3 aromatic rings. The van der Waals surface area contributed by atoms with Crippen molar-refractivity contribution in [3.05, 3.63) is 68.1 Å². The SMILES string of the molecule is CCn1c(C(C)N(C)C(=O)Nc2cccc(Br)c2)nc2cc(Cl)ccc2c1=O. The Morgan fingerprint density at radius 3 is 2.75 bits per heavy atom. The second-order valence-corrected chi connectivity index (χ2v) is 7.76. The van der Waals surface area contributed by atoms with Crippen molar-refractivity contribution in [2.45, 2.75) is 26.4 Å². The van der Waals surface area contributed by atoms with Gasteiger partial charge in [-0.1, -0.05) is 33.6 Å². The first-order valence-corrected chi connectivity index (χ1v) is 9.98. The van der Waals surface area contributed by atoms with Crippen molar-refractivity contribution < 1.29 is 4.79 Å². The summed E-state index contributed by atoms with van der Waals surface area (Å²) in [4.78, 5) is 31.7. The summed E-state index contributed by atoms with van der Waals surface area (Å²) in [5.74, 6) is 0.508. The Morgan fingerprint density at radius 1 is 1.32 bits per heavy atom. The number of hydrogen-bond donors (Lipinski definition) is 1. The van der Waals surface area contributed by atoms with E-state index in [4.69, 9.17) is 11.6 Å². The molecule has 0 radical (unpaired) electrons. The van der Waals surface area contributed by atoms with Gasteiger partial charge in [0.2, 0.25) is 0 Å². The molecule has 146 valence electrons. The van der Waals surface area contributed by atoms with Crippen molar-refractivity contribution in [3.63, 3.8) is 0 Å². The Balaban J connectivity index is 1.96. The third-order valence-corrected chi connectivity index (χ3v) is 5.34. The van der Waals surface area contributed by atoms with Crippen LogP contribution in [0.3, 0.4) is 0 Å². The lowest BCUT2D eigenvalue weighted by molar-refractivity contribution is 0.204. The van der Waals surface area contributed by atoms with Crippen LogP contribution in [0.25, 0.3) is 10.9 Å². The maximum Gasteiger partial charge on any atom is 0.322 e. The number of amides is 2. The summed E-state index contributed by atoms with van der Waals surface area (Å²) < 4.78 is 2.46. The monoisotopic (exact) mass is 462 g/mol. The summed E-state index contributed by atoms with van der Waals surface area (Å²) in [6.45, 7) is 4.17. The number of halogens is 2. The van der Waals surface area contributed by atoms with Crippen LogP contribution in [0.1, 0.15) is 25.7 Å². The zero-order chi connectivity index (χ0) is 20.4. The first-order chi connectivity index (χ1) is 13.3. The van der Waals surface area contributed by atoms with E-state index in [0.29, 0.717) is 34.0 Å². The van der Waals surface area contributed by atoms with Crippen molar-refractivity contribution in [2.24, 2.45) is 0 Å². The molecule has 0 aliphatic carbocycles. The summed E-state index contributed by atoms with van der Waals surface area (Å²) in [7, 11) is 1.67. The Morgan fingerprint density at radius 2 is 2.07 bits per heavy atom. The molecule has 0 spiro atoms. The van der Waals surface area contributed by atoms with Crippen LogP contribution in [0.4, 0.5) is 10.5 Å². The third kappa shape index (κ3) is 4.05. The largest absolute Gasteiger partial charge is 0.322 e. The van der Waals surface area contributed by atoms with E-state index in [1.165, 1.54) is 4.90 Å². The first kappa shape index (κ1) is 20.4. The highest BCUT2D eigenvalue weighted by Crippen LogP contribution is 2.22. The third-order valence-electron chi connectivity index (χ3n) is 4.61. The molecule has 0 bridgehead atoms. The lowest BCUT2D eigenvalue weighted by Gasteiger charge is -2.27. The van der Waals surface area contributed by atoms with E-state index in [1.807, 2.05) is 32.0 Å². The van der Waals surface area contributed by atoms with Crippen LogP contribution in [0.15, 0.2) is 51.7 Å². The average molecular weight is 464 g/mol. The van der Waals surface area contributed by atoms with Gasteiger partial charge in [-0.15, -0.1) is 0 Å². The highest BCUT2D eigenvalue weighted by Gasteiger charge is 2.23. The van der Waals surface area contributed by atoms with Crippen molar-refractivity contribution in [3.8, 4) is 0 Å². The Hall–Kier alpha value is -2.38. The summed E-state index contributed by atoms with van der Waals surface area (Å²) in [6, 6.07) is 11.6. The molecular weight excluding hydrogens is 444 g/mol. The molecule has 0 fully saturated rings. The van der Waals surface area contributed by atoms with Crippen LogP contribution in [0.5, 0.6) is 0 Å². The number of carbonyl (C=O) groups excluding carboxylic acids is 1. The molecule has 2 aromatic carbocycles. The quantitative estimate of drug-likeness (QED) is 0.588. The summed E-state index contributed by atoms with van der Waals surface area (Å²) in [5, 5.41) is 3.86. The topological polar surface area (TPSA) is 67.2 Å². The van der Waals surface area contributed by atoms with Crippen molar-refractivity contribution in [1.82, 2.24) is 14.5 Å². The van der Waals surface area contributed by atoms with Crippen molar-refractivity contribution in [2.75, 3.05) is 12.4 Å². The van der Waals surface area contributed by atoms with Crippen molar-refractivity contribution >= 4 is 50.2 Å². The standard InChI is InChI=1S/C20H20BrClN4O2/c1-4-26-18(24-17-11-14(22)8-9-16(17)19(26)27)12(2)25(3)20(28)23-15-7-5-6-13(21)10-15/h5-12H,4H2,1-3H3,(H,23,28). The molecule has 0 aliphatic rings. The van der Waals surface area contributed by atoms with E-state index in [0.717, 1.165) is 4.47 Å². The second kappa shape index (κ2) is 8.32. The molecule has 1 heterocycles. The van der Waals surface area contributed by atoms with Gasteiger partial charge in [0.1, 0.15) is 5.82 Å². The molecule has 1 unspecified atom stereocenters. The number of aromatic nitrogens is 2. The van der Waals surface area contributed by atoms with Gasteiger partial charge in [-0.25, -0.2) is 9.78 Å². The van der Waals surface area contributed by atoms with Gasteiger partial charge in [-0.05, 0) is 50.2 Å². The van der Waals surface area contributed by atoms with Crippen LogP contribution in [-0.2, 0) is 6.54 Å². The highest BCUT2D eigenvalue weighted by atomic mass is 79.9. The van der Waals surface area contributed by atoms with Crippen LogP contribution in [0.2, 0.25) is 5.02 Å². The van der Waals surface area contributed by atoms with Gasteiger partial charge < -0.3 is 10.2 Å². The number of anilines is 1. The second-order valence-electron chi connectivity index (χ2n) is 6.41. The van der Waals surface area contributed by atoms with Crippen LogP contribution in [-0.4, -0.2) is 27.5 Å². The molecule has 2 amide bonds. The van der Waals surface area contributed by atoms with Gasteiger partial charge in [0.05, 0.1) is 16.9 Å². The highest BCUT2D eigenvalue weighted by molar-refractivity contribution is 9.10. The van der Waals surface area contributed by atoms with E-state index >= 15 is 0 Å². The minimum Gasteiger partial charge on any atom is -0.318 e. The lowest BCUT2D eigenvalue weighted by atomic mass is 10.2. The van der Waals surface area contributed by atoms with Gasteiger partial charge in [0.15, 0.2) is 0 Å². The van der Waals surface area contributed by atoms with E-state index in [1.54, 1.807) is 35.9 Å². The van der Waals surface area contributed by atoms with Crippen LogP contribution in [0, 0.1) is 0 Å². The number of carbonyl (C=O) groups is 1. The Labute approximate surface area is 176 Å². The zero-order valence-electron chi connectivity index (χ0n) is 15.7. The maximum atomic E-state index is 12.9. The number of fused-ring (bicyclic) bond motifs is 1. The molecule has 28 heavy (non-hydrogen) atoms. The normalized spacial score (nSPS) is 12.0. The Kier molecular flexibility index (Phi) is 6.05. The van der Waals surface area contributed by atoms with E-state index in [-0.39, 0.29) is 11.6 Å². The molecule has 0 saturated heterocycles. The smallest absolute Gasteiger partial charge is 0.318 e. The molecule has 0 aliphatic heterocycles. The molecule has 3 rings (SSSR count). The maximum absolute atomic E-state index is 12.9. The molecule has 6 nitrogen and oxygen atoms in total. The van der Waals surface area contributed by atoms with Gasteiger partial charge in [-0.3, -0.25) is 9.36 Å². The minimum atomic E-state index is -0.428. The molecule has 1 aromatic heterocycles. The zero-order valence-corrected chi connectivity index (χ0v) is 18.1. The molecular formula is C20H20BrClN4O2. The number of nitrogens with zero attached hydrogens (tertiary/aromatic N) is 3. The number of hydrogen-bond acceptors (Lipinski definition) is 3. The molecule has 0 saturated carbocycles. The predicted molar refractivity (Wildman–Crippen MR) is 116 cm³/mol. The molecule has 8 heteroatoms. The average Bonchev–Trinajstić information content (AvgIpc) is 2.66. The summed E-state index contributed by atoms with van der Waals surface area (Å²) >= 11 is 9.45. The number of nitrogens with one attached hydrogen (secondary N) is 1. The minimum absolute atomic E-state index is 0.146. The summed E-state index contributed by atoms with van der Waals surface area (Å²) in [5.41, 5.74) is 1.04. The van der Waals surface area contributed by atoms with Gasteiger partial charge in [-0.2, -0.15) is 0 Å². The predicted octanol–water partition coefficient (Wildman–Crippen LogP) is 5.06. The molecule has 1 N–H and O–H groups in total.